The van der Waals surface area contributed by atoms with Crippen molar-refractivity contribution in [3.8, 4) is 6.07 Å². The van der Waals surface area contributed by atoms with Gasteiger partial charge in [0.15, 0.2) is 6.61 Å². The SMILES string of the molecule is N#CCOS(=O)(=O)c1ccc([N+](=O)[O-])cc1. The summed E-state index contributed by atoms with van der Waals surface area (Å²) in [5, 5.41) is 18.5. The number of nitro benzene ring substituents is 1. The Morgan fingerprint density at radius 3 is 2.38 bits per heavy atom. The summed E-state index contributed by atoms with van der Waals surface area (Å²) < 4.78 is 27.0. The molecular weight excluding hydrogens is 236 g/mol. The first-order valence-corrected chi connectivity index (χ1v) is 5.39. The van der Waals surface area contributed by atoms with Gasteiger partial charge in [-0.3, -0.25) is 14.3 Å². The largest absolute Gasteiger partial charge is 0.297 e. The number of hydrogen-bond acceptors (Lipinski definition) is 6. The van der Waals surface area contributed by atoms with Crippen molar-refractivity contribution in [2.75, 3.05) is 6.61 Å². The summed E-state index contributed by atoms with van der Waals surface area (Å²) in [5.41, 5.74) is -0.223. The molecule has 0 spiro atoms. The molecule has 0 fully saturated rings. The van der Waals surface area contributed by atoms with Gasteiger partial charge in [0.2, 0.25) is 0 Å². The molecule has 0 atom stereocenters. The van der Waals surface area contributed by atoms with Crippen molar-refractivity contribution in [1.29, 1.82) is 5.26 Å². The molecule has 0 aliphatic carbocycles. The number of nitriles is 1. The van der Waals surface area contributed by atoms with Gasteiger partial charge in [-0.1, -0.05) is 0 Å². The Hall–Kier alpha value is -1.98. The second-order valence-electron chi connectivity index (χ2n) is 2.63. The zero-order valence-electron chi connectivity index (χ0n) is 7.86. The Morgan fingerprint density at radius 2 is 1.94 bits per heavy atom. The molecule has 1 rings (SSSR count). The third kappa shape index (κ3) is 2.75. The molecule has 7 nitrogen and oxygen atoms in total. The van der Waals surface area contributed by atoms with Crippen molar-refractivity contribution in [3.63, 3.8) is 0 Å². The highest BCUT2D eigenvalue weighted by Crippen LogP contribution is 2.17. The molecule has 0 saturated heterocycles. The summed E-state index contributed by atoms with van der Waals surface area (Å²) >= 11 is 0. The summed E-state index contributed by atoms with van der Waals surface area (Å²) in [6.45, 7) is -0.598. The van der Waals surface area contributed by atoms with Crippen LogP contribution in [-0.2, 0) is 14.3 Å². The van der Waals surface area contributed by atoms with Gasteiger partial charge in [0.25, 0.3) is 15.8 Å². The summed E-state index contributed by atoms with van der Waals surface area (Å²) in [5.74, 6) is 0. The van der Waals surface area contributed by atoms with Gasteiger partial charge in [-0.25, -0.2) is 0 Å². The van der Waals surface area contributed by atoms with Crippen LogP contribution in [0.2, 0.25) is 0 Å². The molecule has 8 heteroatoms. The fourth-order valence-corrected chi connectivity index (χ4v) is 1.72. The van der Waals surface area contributed by atoms with E-state index in [9.17, 15) is 18.5 Å². The van der Waals surface area contributed by atoms with Crippen LogP contribution in [0.15, 0.2) is 29.2 Å². The predicted molar refractivity (Wildman–Crippen MR) is 51.8 cm³/mol. The lowest BCUT2D eigenvalue weighted by molar-refractivity contribution is -0.384. The molecule has 0 amide bonds. The summed E-state index contributed by atoms with van der Waals surface area (Å²) in [4.78, 5) is 9.44. The molecule has 0 unspecified atom stereocenters. The highest BCUT2D eigenvalue weighted by Gasteiger charge is 2.16. The lowest BCUT2D eigenvalue weighted by Crippen LogP contribution is -2.06. The third-order valence-corrected chi connectivity index (χ3v) is 2.89. The molecule has 84 valence electrons. The third-order valence-electron chi connectivity index (χ3n) is 1.61. The number of benzene rings is 1. The van der Waals surface area contributed by atoms with Crippen LogP contribution >= 0.6 is 0 Å². The van der Waals surface area contributed by atoms with Crippen molar-refractivity contribution >= 4 is 15.8 Å². The maximum Gasteiger partial charge on any atom is 0.297 e. The quantitative estimate of drug-likeness (QED) is 0.439. The van der Waals surface area contributed by atoms with E-state index in [1.165, 1.54) is 6.07 Å². The molecule has 0 N–H and O–H groups in total. The molecule has 16 heavy (non-hydrogen) atoms. The molecule has 1 aromatic rings. The molecule has 0 saturated carbocycles. The molecule has 0 heterocycles. The van der Waals surface area contributed by atoms with Crippen LogP contribution in [-0.4, -0.2) is 19.9 Å². The minimum Gasteiger partial charge on any atom is -0.258 e. The molecule has 0 radical (unpaired) electrons. The normalized spacial score (nSPS) is 10.7. The van der Waals surface area contributed by atoms with E-state index in [-0.39, 0.29) is 10.6 Å². The number of nitrogens with zero attached hydrogens (tertiary/aromatic N) is 2. The summed E-state index contributed by atoms with van der Waals surface area (Å²) in [6.07, 6.45) is 0. The zero-order valence-corrected chi connectivity index (χ0v) is 8.68. The van der Waals surface area contributed by atoms with Gasteiger partial charge in [0.1, 0.15) is 0 Å². The van der Waals surface area contributed by atoms with E-state index >= 15 is 0 Å². The van der Waals surface area contributed by atoms with Crippen molar-refractivity contribution in [2.24, 2.45) is 0 Å². The maximum absolute atomic E-state index is 11.3. The van der Waals surface area contributed by atoms with Gasteiger partial charge < -0.3 is 0 Å². The lowest BCUT2D eigenvalue weighted by atomic mass is 10.3. The summed E-state index contributed by atoms with van der Waals surface area (Å²) in [7, 11) is -4.01. The fourth-order valence-electron chi connectivity index (χ4n) is 0.906. The number of rotatable bonds is 4. The van der Waals surface area contributed by atoms with Crippen LogP contribution in [0.1, 0.15) is 0 Å². The van der Waals surface area contributed by atoms with Gasteiger partial charge in [0.05, 0.1) is 15.9 Å². The monoisotopic (exact) mass is 242 g/mol. The molecule has 1 aromatic carbocycles. The molecule has 0 aliphatic heterocycles. The average molecular weight is 242 g/mol. The van der Waals surface area contributed by atoms with E-state index in [0.717, 1.165) is 24.3 Å². The second kappa shape index (κ2) is 4.69. The maximum atomic E-state index is 11.3. The van der Waals surface area contributed by atoms with Crippen LogP contribution in [0.5, 0.6) is 0 Å². The smallest absolute Gasteiger partial charge is 0.258 e. The van der Waals surface area contributed by atoms with Crippen molar-refractivity contribution < 1.29 is 17.5 Å². The first-order chi connectivity index (χ1) is 7.47. The minimum atomic E-state index is -4.01. The molecule has 0 aromatic heterocycles. The molecular formula is C8H6N2O5S. The number of nitro groups is 1. The highest BCUT2D eigenvalue weighted by molar-refractivity contribution is 7.86. The van der Waals surface area contributed by atoms with E-state index in [1.54, 1.807) is 0 Å². The van der Waals surface area contributed by atoms with Crippen molar-refractivity contribution in [3.05, 3.63) is 34.4 Å². The van der Waals surface area contributed by atoms with Gasteiger partial charge in [0, 0.05) is 12.1 Å². The van der Waals surface area contributed by atoms with E-state index in [1.807, 2.05) is 0 Å². The van der Waals surface area contributed by atoms with E-state index < -0.39 is 21.6 Å². The Morgan fingerprint density at radius 1 is 1.38 bits per heavy atom. The van der Waals surface area contributed by atoms with Gasteiger partial charge in [-0.05, 0) is 12.1 Å². The average Bonchev–Trinajstić information content (AvgIpc) is 2.26. The lowest BCUT2D eigenvalue weighted by Gasteiger charge is -2.01. The zero-order chi connectivity index (χ0) is 12.2. The Labute approximate surface area is 91.2 Å². The first kappa shape index (κ1) is 12.1. The highest BCUT2D eigenvalue weighted by atomic mass is 32.2. The Balaban J connectivity index is 2.98. The fraction of sp³-hybridized carbons (Fsp3) is 0.125. The van der Waals surface area contributed by atoms with Crippen LogP contribution in [0.25, 0.3) is 0 Å². The molecule has 0 aliphatic rings. The van der Waals surface area contributed by atoms with Gasteiger partial charge in [-0.15, -0.1) is 0 Å². The topological polar surface area (TPSA) is 110 Å². The van der Waals surface area contributed by atoms with Crippen molar-refractivity contribution in [2.45, 2.75) is 4.90 Å². The minimum absolute atomic E-state index is 0.223. The number of non-ortho nitro benzene ring substituents is 1. The predicted octanol–water partition coefficient (Wildman–Crippen LogP) is 0.824. The van der Waals surface area contributed by atoms with Gasteiger partial charge >= 0.3 is 0 Å². The standard InChI is InChI=1S/C8H6N2O5S/c9-5-6-15-16(13,14)8-3-1-7(2-4-8)10(11)12/h1-4H,6H2. The Kier molecular flexibility index (Phi) is 3.55. The van der Waals surface area contributed by atoms with Crippen LogP contribution < -0.4 is 0 Å². The van der Waals surface area contributed by atoms with E-state index in [2.05, 4.69) is 4.18 Å². The number of hydrogen-bond donors (Lipinski definition) is 0. The second-order valence-corrected chi connectivity index (χ2v) is 4.24. The van der Waals surface area contributed by atoms with E-state index in [4.69, 9.17) is 5.26 Å². The van der Waals surface area contributed by atoms with Gasteiger partial charge in [-0.2, -0.15) is 13.7 Å². The van der Waals surface area contributed by atoms with Crippen LogP contribution in [0.3, 0.4) is 0 Å². The van der Waals surface area contributed by atoms with Crippen molar-refractivity contribution in [1.82, 2.24) is 0 Å². The van der Waals surface area contributed by atoms with Crippen LogP contribution in [0.4, 0.5) is 5.69 Å². The van der Waals surface area contributed by atoms with E-state index in [0.29, 0.717) is 0 Å². The molecule has 0 bridgehead atoms. The van der Waals surface area contributed by atoms with Crippen LogP contribution in [0, 0.1) is 21.4 Å². The Bertz CT molecular complexity index is 529. The first-order valence-electron chi connectivity index (χ1n) is 3.98. The summed E-state index contributed by atoms with van der Waals surface area (Å²) in [6, 6.07) is 5.70.